The van der Waals surface area contributed by atoms with Crippen LogP contribution < -0.4 is 0 Å². The minimum Gasteiger partial charge on any atom is -0.115 e. The quantitative estimate of drug-likeness (QED) is 0.594. The molecule has 9 heavy (non-hydrogen) atoms. The molecule has 0 spiro atoms. The molecule has 1 rings (SSSR count). The summed E-state index contributed by atoms with van der Waals surface area (Å²) in [7, 11) is 0. The molecule has 0 radical (unpaired) electrons. The van der Waals surface area contributed by atoms with E-state index in [4.69, 9.17) is 0 Å². The zero-order valence-electron chi connectivity index (χ0n) is 5.73. The molecule has 0 fully saturated rings. The van der Waals surface area contributed by atoms with Crippen LogP contribution in [0.2, 0.25) is 0 Å². The van der Waals surface area contributed by atoms with Crippen LogP contribution >= 0.6 is 27.7 Å². The molecule has 1 unspecified atom stereocenters. The van der Waals surface area contributed by atoms with Crippen LogP contribution in [-0.2, 0) is 0 Å². The molecule has 0 aromatic heterocycles. The van der Waals surface area contributed by atoms with E-state index in [1.165, 1.54) is 11.3 Å². The third-order valence-corrected chi connectivity index (χ3v) is 3.63. The van der Waals surface area contributed by atoms with Crippen LogP contribution in [-0.4, -0.2) is 4.16 Å². The molecule has 0 aliphatic carbocycles. The van der Waals surface area contributed by atoms with Crippen molar-refractivity contribution in [2.75, 3.05) is 0 Å². The fourth-order valence-corrected chi connectivity index (χ4v) is 2.61. The first kappa shape index (κ1) is 7.67. The molecule has 0 nitrogen and oxygen atoms in total. The van der Waals surface area contributed by atoms with Gasteiger partial charge in [0.1, 0.15) is 0 Å². The Morgan fingerprint density at radius 3 is 2.67 bits per heavy atom. The maximum absolute atomic E-state index is 3.56. The van der Waals surface area contributed by atoms with Gasteiger partial charge in [0, 0.05) is 0 Å². The minimum absolute atomic E-state index is 0.648. The summed E-state index contributed by atoms with van der Waals surface area (Å²) in [5, 5.41) is 0. The van der Waals surface area contributed by atoms with Crippen LogP contribution in [0.4, 0.5) is 0 Å². The zero-order chi connectivity index (χ0) is 6.85. The van der Waals surface area contributed by atoms with E-state index in [0.717, 1.165) is 5.92 Å². The number of halogens is 1. The van der Waals surface area contributed by atoms with E-state index in [2.05, 4.69) is 35.9 Å². The van der Waals surface area contributed by atoms with Gasteiger partial charge in [-0.15, -0.1) is 11.8 Å². The number of hydrogen-bond donors (Lipinski definition) is 0. The lowest BCUT2D eigenvalue weighted by atomic mass is 10.2. The predicted octanol–water partition coefficient (Wildman–Crippen LogP) is 3.38. The van der Waals surface area contributed by atoms with E-state index in [1.54, 1.807) is 0 Å². The van der Waals surface area contributed by atoms with Crippen LogP contribution in [0.3, 0.4) is 0 Å². The molecule has 2 heteroatoms. The van der Waals surface area contributed by atoms with Gasteiger partial charge in [0.05, 0.1) is 4.16 Å². The Morgan fingerprint density at radius 1 is 1.78 bits per heavy atom. The van der Waals surface area contributed by atoms with E-state index in [-0.39, 0.29) is 0 Å². The molecular weight excluding hydrogens is 196 g/mol. The molecule has 0 aromatic rings. The number of rotatable bonds is 1. The molecule has 1 aliphatic heterocycles. The van der Waals surface area contributed by atoms with Crippen molar-refractivity contribution in [3.05, 3.63) is 11.0 Å². The molecule has 0 saturated carbocycles. The fourth-order valence-electron chi connectivity index (χ4n) is 0.824. The van der Waals surface area contributed by atoms with Crippen molar-refractivity contribution in [3.8, 4) is 0 Å². The van der Waals surface area contributed by atoms with Crippen molar-refractivity contribution in [3.63, 3.8) is 0 Å². The first-order chi connectivity index (χ1) is 4.20. The first-order valence-electron chi connectivity index (χ1n) is 3.21. The van der Waals surface area contributed by atoms with Crippen molar-refractivity contribution in [1.82, 2.24) is 0 Å². The average molecular weight is 207 g/mol. The van der Waals surface area contributed by atoms with E-state index in [1.807, 2.05) is 11.8 Å². The Hall–Kier alpha value is 0.570. The summed E-state index contributed by atoms with van der Waals surface area (Å²) in [5.74, 6) is 0.720. The molecule has 0 saturated heterocycles. The Bertz CT molecular complexity index is 129. The van der Waals surface area contributed by atoms with Gasteiger partial charge in [0.2, 0.25) is 0 Å². The summed E-state index contributed by atoms with van der Waals surface area (Å²) >= 11 is 5.51. The fraction of sp³-hybridized carbons (Fsp3) is 0.714. The van der Waals surface area contributed by atoms with Gasteiger partial charge < -0.3 is 0 Å². The van der Waals surface area contributed by atoms with Crippen molar-refractivity contribution < 1.29 is 0 Å². The van der Waals surface area contributed by atoms with Gasteiger partial charge in [-0.1, -0.05) is 35.9 Å². The SMILES string of the molecule is CC(C)C1=CCC(Br)S1. The maximum Gasteiger partial charge on any atom is 0.0678 e. The molecule has 1 heterocycles. The molecular formula is C7H11BrS. The van der Waals surface area contributed by atoms with E-state index in [0.29, 0.717) is 4.16 Å². The summed E-state index contributed by atoms with van der Waals surface area (Å²) in [4.78, 5) is 1.54. The van der Waals surface area contributed by atoms with Gasteiger partial charge in [0.15, 0.2) is 0 Å². The van der Waals surface area contributed by atoms with Crippen molar-refractivity contribution >= 4 is 27.7 Å². The first-order valence-corrected chi connectivity index (χ1v) is 5.00. The Morgan fingerprint density at radius 2 is 2.44 bits per heavy atom. The Kier molecular flexibility index (Phi) is 2.65. The number of alkyl halides is 1. The smallest absolute Gasteiger partial charge is 0.0678 e. The van der Waals surface area contributed by atoms with Crippen molar-refractivity contribution in [2.45, 2.75) is 24.4 Å². The van der Waals surface area contributed by atoms with Gasteiger partial charge in [-0.25, -0.2) is 0 Å². The van der Waals surface area contributed by atoms with Crippen molar-refractivity contribution in [2.24, 2.45) is 5.92 Å². The summed E-state index contributed by atoms with van der Waals surface area (Å²) in [6, 6.07) is 0. The van der Waals surface area contributed by atoms with Crippen LogP contribution in [0.5, 0.6) is 0 Å². The van der Waals surface area contributed by atoms with E-state index >= 15 is 0 Å². The van der Waals surface area contributed by atoms with Crippen molar-refractivity contribution in [1.29, 1.82) is 0 Å². The Balaban J connectivity index is 2.45. The third-order valence-electron chi connectivity index (χ3n) is 1.34. The standard InChI is InChI=1S/C7H11BrS/c1-5(2)6-3-4-7(8)9-6/h3,5,7H,4H2,1-2H3. The van der Waals surface area contributed by atoms with Gasteiger partial charge in [-0.3, -0.25) is 0 Å². The third kappa shape index (κ3) is 2.01. The largest absolute Gasteiger partial charge is 0.115 e. The summed E-state index contributed by atoms with van der Waals surface area (Å²) in [6.07, 6.45) is 3.52. The second-order valence-electron chi connectivity index (χ2n) is 2.52. The van der Waals surface area contributed by atoms with Crippen LogP contribution in [0, 0.1) is 5.92 Å². The average Bonchev–Trinajstić information content (AvgIpc) is 2.14. The van der Waals surface area contributed by atoms with Gasteiger partial charge in [-0.05, 0) is 17.2 Å². The van der Waals surface area contributed by atoms with E-state index < -0.39 is 0 Å². The normalized spacial score (nSPS) is 27.1. The van der Waals surface area contributed by atoms with Gasteiger partial charge in [-0.2, -0.15) is 0 Å². The second-order valence-corrected chi connectivity index (χ2v) is 5.51. The molecule has 0 N–H and O–H groups in total. The number of thioether (sulfide) groups is 1. The predicted molar refractivity (Wildman–Crippen MR) is 47.8 cm³/mol. The molecule has 0 bridgehead atoms. The Labute approximate surface area is 69.2 Å². The summed E-state index contributed by atoms with van der Waals surface area (Å²) in [6.45, 7) is 4.48. The highest BCUT2D eigenvalue weighted by Crippen LogP contribution is 2.39. The highest BCUT2D eigenvalue weighted by atomic mass is 79.9. The van der Waals surface area contributed by atoms with E-state index in [9.17, 15) is 0 Å². The number of hydrogen-bond acceptors (Lipinski definition) is 1. The molecule has 1 atom stereocenters. The molecule has 0 amide bonds. The van der Waals surface area contributed by atoms with Gasteiger partial charge in [0.25, 0.3) is 0 Å². The highest BCUT2D eigenvalue weighted by molar-refractivity contribution is 9.11. The summed E-state index contributed by atoms with van der Waals surface area (Å²) < 4.78 is 0.648. The molecule has 0 aromatic carbocycles. The number of allylic oxidation sites excluding steroid dienone is 2. The van der Waals surface area contributed by atoms with Crippen LogP contribution in [0.1, 0.15) is 20.3 Å². The van der Waals surface area contributed by atoms with Gasteiger partial charge >= 0.3 is 0 Å². The summed E-state index contributed by atoms with van der Waals surface area (Å²) in [5.41, 5.74) is 0. The lowest BCUT2D eigenvalue weighted by molar-refractivity contribution is 0.816. The van der Waals surface area contributed by atoms with Crippen LogP contribution in [0.15, 0.2) is 11.0 Å². The lowest BCUT2D eigenvalue weighted by Gasteiger charge is -2.04. The monoisotopic (exact) mass is 206 g/mol. The molecule has 52 valence electrons. The van der Waals surface area contributed by atoms with Crippen LogP contribution in [0.25, 0.3) is 0 Å². The zero-order valence-corrected chi connectivity index (χ0v) is 8.13. The highest BCUT2D eigenvalue weighted by Gasteiger charge is 2.16. The second kappa shape index (κ2) is 3.11. The topological polar surface area (TPSA) is 0 Å². The minimum atomic E-state index is 0.648. The maximum atomic E-state index is 3.56. The lowest BCUT2D eigenvalue weighted by Crippen LogP contribution is -1.86. The molecule has 1 aliphatic rings.